The van der Waals surface area contributed by atoms with Crippen LogP contribution in [0.25, 0.3) is 11.3 Å². The molecule has 0 aliphatic carbocycles. The fourth-order valence-electron chi connectivity index (χ4n) is 2.70. The molecule has 28 heavy (non-hydrogen) atoms. The van der Waals surface area contributed by atoms with Crippen LogP contribution < -0.4 is 14.8 Å². The molecule has 0 aliphatic rings. The zero-order valence-corrected chi connectivity index (χ0v) is 16.0. The number of carbonyl (C=O) groups is 1. The highest BCUT2D eigenvalue weighted by atomic mass is 16.5. The van der Waals surface area contributed by atoms with E-state index >= 15 is 0 Å². The van der Waals surface area contributed by atoms with Crippen LogP contribution in [0.15, 0.2) is 60.7 Å². The molecule has 1 aromatic heterocycles. The molecule has 144 valence electrons. The van der Waals surface area contributed by atoms with E-state index in [-0.39, 0.29) is 5.91 Å². The SMILES string of the molecule is COc1ccc(-c2ccc(OCCNC(=O)Cc3ccccc3C)nn2)cc1. The molecule has 0 fully saturated rings. The summed E-state index contributed by atoms with van der Waals surface area (Å²) in [7, 11) is 1.63. The van der Waals surface area contributed by atoms with Gasteiger partial charge in [-0.1, -0.05) is 24.3 Å². The molecule has 3 rings (SSSR count). The molecule has 0 aliphatic heterocycles. The van der Waals surface area contributed by atoms with Crippen molar-refractivity contribution in [3.8, 4) is 22.9 Å². The maximum Gasteiger partial charge on any atom is 0.233 e. The van der Waals surface area contributed by atoms with Crippen LogP contribution in [0.5, 0.6) is 11.6 Å². The van der Waals surface area contributed by atoms with Crippen LogP contribution >= 0.6 is 0 Å². The Morgan fingerprint density at radius 3 is 2.46 bits per heavy atom. The molecule has 0 saturated heterocycles. The van der Waals surface area contributed by atoms with Gasteiger partial charge in [0.05, 0.1) is 25.8 Å². The summed E-state index contributed by atoms with van der Waals surface area (Å²) in [5, 5.41) is 11.1. The van der Waals surface area contributed by atoms with Gasteiger partial charge in [-0.15, -0.1) is 10.2 Å². The van der Waals surface area contributed by atoms with Crippen LogP contribution in [0.4, 0.5) is 0 Å². The Labute approximate surface area is 164 Å². The lowest BCUT2D eigenvalue weighted by Crippen LogP contribution is -2.29. The third-order valence-electron chi connectivity index (χ3n) is 4.31. The van der Waals surface area contributed by atoms with Gasteiger partial charge in [0.25, 0.3) is 0 Å². The van der Waals surface area contributed by atoms with Crippen LogP contribution in [0.2, 0.25) is 0 Å². The first-order chi connectivity index (χ1) is 13.7. The lowest BCUT2D eigenvalue weighted by Gasteiger charge is -2.08. The number of amides is 1. The molecule has 0 saturated carbocycles. The average molecular weight is 377 g/mol. The van der Waals surface area contributed by atoms with Crippen molar-refractivity contribution in [3.05, 3.63) is 71.8 Å². The number of nitrogens with one attached hydrogen (secondary N) is 1. The number of hydrogen-bond acceptors (Lipinski definition) is 5. The maximum absolute atomic E-state index is 12.0. The van der Waals surface area contributed by atoms with Crippen molar-refractivity contribution in [1.82, 2.24) is 15.5 Å². The van der Waals surface area contributed by atoms with Gasteiger partial charge in [0.15, 0.2) is 0 Å². The smallest absolute Gasteiger partial charge is 0.233 e. The zero-order chi connectivity index (χ0) is 19.8. The normalized spacial score (nSPS) is 10.4. The van der Waals surface area contributed by atoms with Crippen molar-refractivity contribution in [2.75, 3.05) is 20.3 Å². The molecular formula is C22H23N3O3. The summed E-state index contributed by atoms with van der Waals surface area (Å²) < 4.78 is 10.7. The minimum absolute atomic E-state index is 0.0289. The van der Waals surface area contributed by atoms with Crippen molar-refractivity contribution in [2.24, 2.45) is 0 Å². The van der Waals surface area contributed by atoms with Gasteiger partial charge in [-0.2, -0.15) is 0 Å². The molecular weight excluding hydrogens is 354 g/mol. The maximum atomic E-state index is 12.0. The number of methoxy groups -OCH3 is 1. The number of rotatable bonds is 8. The van der Waals surface area contributed by atoms with E-state index in [2.05, 4.69) is 15.5 Å². The van der Waals surface area contributed by atoms with Gasteiger partial charge in [-0.3, -0.25) is 4.79 Å². The largest absolute Gasteiger partial charge is 0.497 e. The van der Waals surface area contributed by atoms with E-state index in [0.717, 1.165) is 28.1 Å². The van der Waals surface area contributed by atoms with E-state index in [0.29, 0.717) is 25.5 Å². The highest BCUT2D eigenvalue weighted by Gasteiger charge is 2.06. The quantitative estimate of drug-likeness (QED) is 0.610. The van der Waals surface area contributed by atoms with Crippen molar-refractivity contribution >= 4 is 5.91 Å². The average Bonchev–Trinajstić information content (AvgIpc) is 2.73. The Kier molecular flexibility index (Phi) is 6.57. The van der Waals surface area contributed by atoms with Gasteiger partial charge in [0.1, 0.15) is 12.4 Å². The lowest BCUT2D eigenvalue weighted by molar-refractivity contribution is -0.120. The minimum Gasteiger partial charge on any atom is -0.497 e. The molecule has 2 aromatic carbocycles. The molecule has 1 amide bonds. The summed E-state index contributed by atoms with van der Waals surface area (Å²) in [6.45, 7) is 2.74. The lowest BCUT2D eigenvalue weighted by atomic mass is 10.1. The molecule has 6 nitrogen and oxygen atoms in total. The van der Waals surface area contributed by atoms with Crippen molar-refractivity contribution in [1.29, 1.82) is 0 Å². The van der Waals surface area contributed by atoms with E-state index in [9.17, 15) is 4.79 Å². The fraction of sp³-hybridized carbons (Fsp3) is 0.227. The third-order valence-corrected chi connectivity index (χ3v) is 4.31. The molecule has 0 radical (unpaired) electrons. The first kappa shape index (κ1) is 19.4. The number of hydrogen-bond donors (Lipinski definition) is 1. The number of nitrogens with zero attached hydrogens (tertiary/aromatic N) is 2. The Hall–Kier alpha value is -3.41. The third kappa shape index (κ3) is 5.30. The molecule has 0 bridgehead atoms. The van der Waals surface area contributed by atoms with Crippen LogP contribution in [-0.4, -0.2) is 36.4 Å². The van der Waals surface area contributed by atoms with Crippen LogP contribution in [0, 0.1) is 6.92 Å². The summed E-state index contributed by atoms with van der Waals surface area (Å²) in [6, 6.07) is 19.1. The predicted molar refractivity (Wildman–Crippen MR) is 107 cm³/mol. The molecule has 0 atom stereocenters. The molecule has 0 unspecified atom stereocenters. The Morgan fingerprint density at radius 1 is 1.00 bits per heavy atom. The first-order valence-corrected chi connectivity index (χ1v) is 9.08. The van der Waals surface area contributed by atoms with E-state index in [1.54, 1.807) is 13.2 Å². The Morgan fingerprint density at radius 2 is 1.79 bits per heavy atom. The highest BCUT2D eigenvalue weighted by Crippen LogP contribution is 2.20. The summed E-state index contributed by atoms with van der Waals surface area (Å²) in [5.41, 5.74) is 3.84. The number of ether oxygens (including phenoxy) is 2. The zero-order valence-electron chi connectivity index (χ0n) is 16.0. The number of aromatic nitrogens is 2. The Bertz CT molecular complexity index is 909. The standard InChI is InChI=1S/C22H23N3O3/c1-16-5-3-4-6-18(16)15-21(26)23-13-14-28-22-12-11-20(24-25-22)17-7-9-19(27-2)10-8-17/h3-12H,13-15H2,1-2H3,(H,23,26). The van der Waals surface area contributed by atoms with Crippen molar-refractivity contribution < 1.29 is 14.3 Å². The van der Waals surface area contributed by atoms with E-state index < -0.39 is 0 Å². The first-order valence-electron chi connectivity index (χ1n) is 9.08. The molecule has 3 aromatic rings. The molecule has 0 spiro atoms. The van der Waals surface area contributed by atoms with Gasteiger partial charge >= 0.3 is 0 Å². The number of benzene rings is 2. The van der Waals surface area contributed by atoms with Crippen LogP contribution in [0.3, 0.4) is 0 Å². The van der Waals surface area contributed by atoms with Gasteiger partial charge in [0.2, 0.25) is 11.8 Å². The monoisotopic (exact) mass is 377 g/mol. The van der Waals surface area contributed by atoms with Crippen molar-refractivity contribution in [2.45, 2.75) is 13.3 Å². The van der Waals surface area contributed by atoms with Gasteiger partial charge in [0, 0.05) is 11.6 Å². The minimum atomic E-state index is -0.0289. The summed E-state index contributed by atoms with van der Waals surface area (Å²) in [5.74, 6) is 1.19. The Balaban J connectivity index is 1.43. The topological polar surface area (TPSA) is 73.3 Å². The van der Waals surface area contributed by atoms with Gasteiger partial charge < -0.3 is 14.8 Å². The second-order valence-electron chi connectivity index (χ2n) is 6.29. The number of aryl methyl sites for hydroxylation is 1. The molecule has 1 heterocycles. The van der Waals surface area contributed by atoms with Gasteiger partial charge in [-0.05, 0) is 48.4 Å². The van der Waals surface area contributed by atoms with Crippen LogP contribution in [-0.2, 0) is 11.2 Å². The van der Waals surface area contributed by atoms with Crippen molar-refractivity contribution in [3.63, 3.8) is 0 Å². The van der Waals surface area contributed by atoms with Crippen LogP contribution in [0.1, 0.15) is 11.1 Å². The van der Waals surface area contributed by atoms with E-state index in [1.165, 1.54) is 0 Å². The molecule has 6 heteroatoms. The van der Waals surface area contributed by atoms with E-state index in [4.69, 9.17) is 9.47 Å². The second kappa shape index (κ2) is 9.50. The summed E-state index contributed by atoms with van der Waals surface area (Å²) in [6.07, 6.45) is 0.364. The van der Waals surface area contributed by atoms with E-state index in [1.807, 2.05) is 61.5 Å². The highest BCUT2D eigenvalue weighted by molar-refractivity contribution is 5.78. The predicted octanol–water partition coefficient (Wildman–Crippen LogP) is 3.20. The number of carbonyl (C=O) groups excluding carboxylic acids is 1. The molecule has 1 N–H and O–H groups in total. The summed E-state index contributed by atoms with van der Waals surface area (Å²) >= 11 is 0. The second-order valence-corrected chi connectivity index (χ2v) is 6.29. The summed E-state index contributed by atoms with van der Waals surface area (Å²) in [4.78, 5) is 12.0. The van der Waals surface area contributed by atoms with Gasteiger partial charge in [-0.25, -0.2) is 0 Å². The fourth-order valence-corrected chi connectivity index (χ4v) is 2.70.